The van der Waals surface area contributed by atoms with Crippen molar-refractivity contribution in [3.63, 3.8) is 0 Å². The summed E-state index contributed by atoms with van der Waals surface area (Å²) in [6, 6.07) is 13.7. The zero-order valence-electron chi connectivity index (χ0n) is 11.2. The molecule has 1 aliphatic heterocycles. The number of benzene rings is 2. The number of hydrogen-bond acceptors (Lipinski definition) is 4. The Bertz CT molecular complexity index is 698. The molecular formula is C16H14N2O3. The lowest BCUT2D eigenvalue weighted by atomic mass is 10.0. The lowest BCUT2D eigenvalue weighted by molar-refractivity contribution is -0.118. The van der Waals surface area contributed by atoms with Crippen molar-refractivity contribution in [3.05, 3.63) is 59.7 Å². The summed E-state index contributed by atoms with van der Waals surface area (Å²) in [6.07, 6.45) is 0. The van der Waals surface area contributed by atoms with Crippen molar-refractivity contribution in [1.82, 2.24) is 0 Å². The highest BCUT2D eigenvalue weighted by Gasteiger charge is 2.27. The molecule has 0 spiro atoms. The van der Waals surface area contributed by atoms with Crippen LogP contribution in [0.3, 0.4) is 0 Å². The number of carbonyl (C=O) groups excluding carboxylic acids is 2. The van der Waals surface area contributed by atoms with E-state index in [0.29, 0.717) is 17.0 Å². The number of amides is 1. The van der Waals surface area contributed by atoms with Crippen molar-refractivity contribution in [3.8, 4) is 5.75 Å². The fraction of sp³-hybridized carbons (Fsp3) is 0.125. The first-order valence-electron chi connectivity index (χ1n) is 6.56. The summed E-state index contributed by atoms with van der Waals surface area (Å²) >= 11 is 0. The average molecular weight is 282 g/mol. The van der Waals surface area contributed by atoms with Gasteiger partial charge in [-0.05, 0) is 17.7 Å². The van der Waals surface area contributed by atoms with Crippen molar-refractivity contribution in [1.29, 1.82) is 0 Å². The number of primary amides is 1. The average Bonchev–Trinajstić information content (AvgIpc) is 2.88. The Morgan fingerprint density at radius 3 is 2.62 bits per heavy atom. The van der Waals surface area contributed by atoms with Crippen LogP contribution in [0.15, 0.2) is 48.5 Å². The molecule has 0 bridgehead atoms. The minimum absolute atomic E-state index is 0.0284. The van der Waals surface area contributed by atoms with Crippen LogP contribution in [-0.2, 0) is 4.79 Å². The van der Waals surface area contributed by atoms with Crippen molar-refractivity contribution in [2.75, 3.05) is 11.9 Å². The van der Waals surface area contributed by atoms with Crippen molar-refractivity contribution >= 4 is 17.4 Å². The van der Waals surface area contributed by atoms with Gasteiger partial charge in [0.2, 0.25) is 11.7 Å². The number of rotatable bonds is 4. The van der Waals surface area contributed by atoms with Gasteiger partial charge >= 0.3 is 0 Å². The summed E-state index contributed by atoms with van der Waals surface area (Å²) in [5.41, 5.74) is 7.25. The van der Waals surface area contributed by atoms with Crippen molar-refractivity contribution < 1.29 is 14.3 Å². The molecule has 0 fully saturated rings. The van der Waals surface area contributed by atoms with Crippen LogP contribution < -0.4 is 15.8 Å². The van der Waals surface area contributed by atoms with Crippen LogP contribution in [0.5, 0.6) is 5.75 Å². The molecule has 1 aliphatic rings. The van der Waals surface area contributed by atoms with E-state index in [1.807, 2.05) is 30.3 Å². The van der Waals surface area contributed by atoms with Crippen LogP contribution >= 0.6 is 0 Å². The van der Waals surface area contributed by atoms with Gasteiger partial charge in [0.05, 0.1) is 5.56 Å². The zero-order valence-corrected chi connectivity index (χ0v) is 11.2. The highest BCUT2D eigenvalue weighted by molar-refractivity contribution is 6.07. The summed E-state index contributed by atoms with van der Waals surface area (Å²) in [7, 11) is 0. The molecule has 106 valence electrons. The molecule has 3 rings (SSSR count). The summed E-state index contributed by atoms with van der Waals surface area (Å²) in [6.45, 7) is 0.0284. The standard InChI is InChI=1S/C16H14N2O3/c17-16(20)15(10-5-2-1-3-6-10)18-11-7-4-8-13-14(11)12(19)9-21-13/h1-8,15,18H,9H2,(H2,17,20). The number of nitrogens with two attached hydrogens (primary N) is 1. The number of ether oxygens (including phenoxy) is 1. The Hall–Kier alpha value is -2.82. The zero-order chi connectivity index (χ0) is 14.8. The van der Waals surface area contributed by atoms with Gasteiger partial charge in [-0.25, -0.2) is 0 Å². The highest BCUT2D eigenvalue weighted by atomic mass is 16.5. The number of hydrogen-bond donors (Lipinski definition) is 2. The minimum Gasteiger partial charge on any atom is -0.485 e. The first-order valence-corrected chi connectivity index (χ1v) is 6.56. The molecule has 2 aromatic rings. The summed E-state index contributed by atoms with van der Waals surface area (Å²) < 4.78 is 5.29. The van der Waals surface area contributed by atoms with Gasteiger partial charge in [0.25, 0.3) is 0 Å². The fourth-order valence-corrected chi connectivity index (χ4v) is 2.39. The van der Waals surface area contributed by atoms with E-state index in [4.69, 9.17) is 10.5 Å². The van der Waals surface area contributed by atoms with E-state index in [1.165, 1.54) is 0 Å². The monoisotopic (exact) mass is 282 g/mol. The summed E-state index contributed by atoms with van der Waals surface area (Å²) in [5.74, 6) is -0.0872. The second kappa shape index (κ2) is 5.28. The molecule has 0 saturated heterocycles. The Balaban J connectivity index is 1.97. The van der Waals surface area contributed by atoms with E-state index >= 15 is 0 Å². The van der Waals surface area contributed by atoms with Crippen LogP contribution in [0.2, 0.25) is 0 Å². The third-order valence-corrected chi connectivity index (χ3v) is 3.38. The highest BCUT2D eigenvalue weighted by Crippen LogP contribution is 2.33. The molecule has 21 heavy (non-hydrogen) atoms. The number of fused-ring (bicyclic) bond motifs is 1. The van der Waals surface area contributed by atoms with E-state index < -0.39 is 11.9 Å². The smallest absolute Gasteiger partial charge is 0.244 e. The van der Waals surface area contributed by atoms with Crippen LogP contribution in [0, 0.1) is 0 Å². The topological polar surface area (TPSA) is 81.4 Å². The maximum absolute atomic E-state index is 11.9. The second-order valence-corrected chi connectivity index (χ2v) is 4.78. The maximum Gasteiger partial charge on any atom is 0.244 e. The lowest BCUT2D eigenvalue weighted by Crippen LogP contribution is -2.28. The third-order valence-electron chi connectivity index (χ3n) is 3.38. The van der Waals surface area contributed by atoms with E-state index in [1.54, 1.807) is 18.2 Å². The fourth-order valence-electron chi connectivity index (χ4n) is 2.39. The Kier molecular flexibility index (Phi) is 3.31. The van der Waals surface area contributed by atoms with Crippen LogP contribution in [0.1, 0.15) is 22.0 Å². The molecule has 3 N–H and O–H groups in total. The molecule has 2 aromatic carbocycles. The van der Waals surface area contributed by atoms with Gasteiger partial charge in [-0.15, -0.1) is 0 Å². The molecule has 1 amide bonds. The first-order chi connectivity index (χ1) is 10.2. The predicted octanol–water partition coefficient (Wildman–Crippen LogP) is 1.90. The van der Waals surface area contributed by atoms with Crippen molar-refractivity contribution in [2.45, 2.75) is 6.04 Å². The van der Waals surface area contributed by atoms with Crippen LogP contribution in [0.25, 0.3) is 0 Å². The van der Waals surface area contributed by atoms with Gasteiger partial charge in [0, 0.05) is 5.69 Å². The maximum atomic E-state index is 11.9. The molecular weight excluding hydrogens is 268 g/mol. The van der Waals surface area contributed by atoms with Gasteiger partial charge in [0.15, 0.2) is 6.61 Å². The molecule has 0 aliphatic carbocycles. The minimum atomic E-state index is -0.703. The molecule has 0 radical (unpaired) electrons. The van der Waals surface area contributed by atoms with E-state index in [0.717, 1.165) is 5.56 Å². The van der Waals surface area contributed by atoms with Crippen LogP contribution in [-0.4, -0.2) is 18.3 Å². The molecule has 1 atom stereocenters. The second-order valence-electron chi connectivity index (χ2n) is 4.78. The molecule has 1 unspecified atom stereocenters. The quantitative estimate of drug-likeness (QED) is 0.897. The Morgan fingerprint density at radius 2 is 1.90 bits per heavy atom. The van der Waals surface area contributed by atoms with Gasteiger partial charge in [0.1, 0.15) is 11.8 Å². The Labute approximate surface area is 121 Å². The van der Waals surface area contributed by atoms with Crippen molar-refractivity contribution in [2.24, 2.45) is 5.73 Å². The van der Waals surface area contributed by atoms with E-state index in [9.17, 15) is 9.59 Å². The summed E-state index contributed by atoms with van der Waals surface area (Å²) in [5, 5.41) is 3.05. The molecule has 1 heterocycles. The molecule has 0 saturated carbocycles. The molecule has 0 aromatic heterocycles. The lowest BCUT2D eigenvalue weighted by Gasteiger charge is -2.18. The largest absolute Gasteiger partial charge is 0.485 e. The number of carbonyl (C=O) groups is 2. The number of nitrogens with one attached hydrogen (secondary N) is 1. The molecule has 5 nitrogen and oxygen atoms in total. The van der Waals surface area contributed by atoms with Gasteiger partial charge in [-0.2, -0.15) is 0 Å². The number of anilines is 1. The first kappa shape index (κ1) is 13.2. The van der Waals surface area contributed by atoms with Crippen LogP contribution in [0.4, 0.5) is 5.69 Å². The van der Waals surface area contributed by atoms with E-state index in [-0.39, 0.29) is 12.4 Å². The normalized spacial score (nSPS) is 14.2. The third kappa shape index (κ3) is 2.45. The summed E-state index contributed by atoms with van der Waals surface area (Å²) in [4.78, 5) is 23.6. The van der Waals surface area contributed by atoms with Gasteiger partial charge < -0.3 is 15.8 Å². The van der Waals surface area contributed by atoms with Gasteiger partial charge in [-0.3, -0.25) is 9.59 Å². The Morgan fingerprint density at radius 1 is 1.14 bits per heavy atom. The molecule has 5 heteroatoms. The SMILES string of the molecule is NC(=O)C(Nc1cccc2c1C(=O)CO2)c1ccccc1. The van der Waals surface area contributed by atoms with E-state index in [2.05, 4.69) is 5.32 Å². The number of Topliss-reactive ketones (excluding diaryl/α,β-unsaturated/α-hetero) is 1. The predicted molar refractivity (Wildman–Crippen MR) is 78.3 cm³/mol. The number of ketones is 1. The van der Waals surface area contributed by atoms with Gasteiger partial charge in [-0.1, -0.05) is 36.4 Å².